The van der Waals surface area contributed by atoms with Gasteiger partial charge in [0.1, 0.15) is 0 Å². The Morgan fingerprint density at radius 1 is 0.944 bits per heavy atom. The molecule has 0 aliphatic heterocycles. The Morgan fingerprint density at radius 2 is 1.39 bits per heavy atom. The number of aliphatic hydroxyl groups is 3. The first-order chi connectivity index (χ1) is 8.48. The second-order valence-electron chi connectivity index (χ2n) is 3.98. The van der Waals surface area contributed by atoms with Crippen molar-refractivity contribution >= 4 is 0 Å². The number of halogens is 3. The van der Waals surface area contributed by atoms with Crippen molar-refractivity contribution in [3.8, 4) is 0 Å². The molecule has 18 heavy (non-hydrogen) atoms. The van der Waals surface area contributed by atoms with E-state index in [1.54, 1.807) is 0 Å². The molecule has 0 fully saturated rings. The summed E-state index contributed by atoms with van der Waals surface area (Å²) in [7, 11) is 0. The van der Waals surface area contributed by atoms with Crippen LogP contribution in [0.2, 0.25) is 0 Å². The summed E-state index contributed by atoms with van der Waals surface area (Å²) in [5, 5.41) is 29.6. The standard InChI is InChI=1S/C11H14F3NO3/c12-8-1-7(2-9(13)10(8)14)3-15-11(4-16,5-17)6-18/h1-2,15-18H,3-6H2. The van der Waals surface area contributed by atoms with Crippen molar-refractivity contribution in [2.75, 3.05) is 19.8 Å². The molecule has 1 aromatic carbocycles. The topological polar surface area (TPSA) is 72.7 Å². The van der Waals surface area contributed by atoms with Gasteiger partial charge in [-0.05, 0) is 17.7 Å². The SMILES string of the molecule is OCC(CO)(CO)NCc1cc(F)c(F)c(F)c1. The quantitative estimate of drug-likeness (QED) is 0.542. The monoisotopic (exact) mass is 265 g/mol. The van der Waals surface area contributed by atoms with Crippen molar-refractivity contribution in [1.82, 2.24) is 5.32 Å². The highest BCUT2D eigenvalue weighted by Crippen LogP contribution is 2.14. The highest BCUT2D eigenvalue weighted by atomic mass is 19.2. The van der Waals surface area contributed by atoms with Gasteiger partial charge in [0.25, 0.3) is 0 Å². The summed E-state index contributed by atoms with van der Waals surface area (Å²) >= 11 is 0. The molecule has 1 rings (SSSR count). The van der Waals surface area contributed by atoms with Gasteiger partial charge in [-0.3, -0.25) is 0 Å². The molecule has 102 valence electrons. The highest BCUT2D eigenvalue weighted by molar-refractivity contribution is 5.19. The van der Waals surface area contributed by atoms with Crippen LogP contribution in [0.4, 0.5) is 13.2 Å². The lowest BCUT2D eigenvalue weighted by molar-refractivity contribution is 0.0413. The zero-order valence-electron chi connectivity index (χ0n) is 9.46. The Bertz CT molecular complexity index is 379. The first-order valence-corrected chi connectivity index (χ1v) is 5.19. The lowest BCUT2D eigenvalue weighted by atomic mass is 10.0. The van der Waals surface area contributed by atoms with Gasteiger partial charge in [-0.2, -0.15) is 0 Å². The second kappa shape index (κ2) is 6.14. The molecule has 7 heteroatoms. The maximum atomic E-state index is 12.9. The molecule has 0 spiro atoms. The molecule has 0 radical (unpaired) electrons. The molecule has 0 saturated heterocycles. The summed E-state index contributed by atoms with van der Waals surface area (Å²) in [5.41, 5.74) is -1.27. The van der Waals surface area contributed by atoms with E-state index in [4.69, 9.17) is 15.3 Å². The molecule has 0 heterocycles. The number of hydrogen-bond acceptors (Lipinski definition) is 4. The molecular weight excluding hydrogens is 251 g/mol. The van der Waals surface area contributed by atoms with E-state index in [-0.39, 0.29) is 12.1 Å². The number of hydrogen-bond donors (Lipinski definition) is 4. The molecule has 0 unspecified atom stereocenters. The van der Waals surface area contributed by atoms with Gasteiger partial charge < -0.3 is 20.6 Å². The highest BCUT2D eigenvalue weighted by Gasteiger charge is 2.27. The van der Waals surface area contributed by atoms with Crippen molar-refractivity contribution < 1.29 is 28.5 Å². The molecule has 1 aromatic rings. The first kappa shape index (κ1) is 14.9. The van der Waals surface area contributed by atoms with Crippen LogP contribution in [0.3, 0.4) is 0 Å². The predicted octanol–water partition coefficient (Wildman–Crippen LogP) is -0.0908. The average molecular weight is 265 g/mol. The van der Waals surface area contributed by atoms with E-state index in [2.05, 4.69) is 5.32 Å². The van der Waals surface area contributed by atoms with Crippen LogP contribution in [0.25, 0.3) is 0 Å². The Kier molecular flexibility index (Phi) is 5.09. The Labute approximate surface area is 102 Å². The lowest BCUT2D eigenvalue weighted by Crippen LogP contribution is -2.54. The number of benzene rings is 1. The minimum atomic E-state index is -1.56. The zero-order chi connectivity index (χ0) is 13.8. The van der Waals surface area contributed by atoms with Crippen LogP contribution in [0, 0.1) is 17.5 Å². The van der Waals surface area contributed by atoms with Crippen molar-refractivity contribution in [1.29, 1.82) is 0 Å². The molecular formula is C11H14F3NO3. The van der Waals surface area contributed by atoms with Crippen LogP contribution in [0.1, 0.15) is 5.56 Å². The third-order valence-corrected chi connectivity index (χ3v) is 2.62. The smallest absolute Gasteiger partial charge is 0.194 e. The van der Waals surface area contributed by atoms with Crippen LogP contribution < -0.4 is 5.32 Å². The first-order valence-electron chi connectivity index (χ1n) is 5.19. The summed E-state index contributed by atoms with van der Waals surface area (Å²) in [6.45, 7) is -1.83. The minimum absolute atomic E-state index is 0.0890. The van der Waals surface area contributed by atoms with Crippen LogP contribution >= 0.6 is 0 Å². The second-order valence-corrected chi connectivity index (χ2v) is 3.98. The summed E-state index contributed by atoms with van der Waals surface area (Å²) in [4.78, 5) is 0. The summed E-state index contributed by atoms with van der Waals surface area (Å²) in [6, 6.07) is 1.59. The van der Waals surface area contributed by atoms with E-state index in [0.29, 0.717) is 0 Å². The molecule has 0 aliphatic rings. The van der Waals surface area contributed by atoms with E-state index in [1.165, 1.54) is 0 Å². The van der Waals surface area contributed by atoms with Crippen molar-refractivity contribution in [2.45, 2.75) is 12.1 Å². The largest absolute Gasteiger partial charge is 0.394 e. The molecule has 0 bridgehead atoms. The number of aliphatic hydroxyl groups excluding tert-OH is 3. The number of rotatable bonds is 6. The van der Waals surface area contributed by atoms with Gasteiger partial charge in [-0.1, -0.05) is 0 Å². The fraction of sp³-hybridized carbons (Fsp3) is 0.455. The summed E-state index contributed by atoms with van der Waals surface area (Å²) < 4.78 is 38.5. The molecule has 0 atom stereocenters. The minimum Gasteiger partial charge on any atom is -0.394 e. The maximum Gasteiger partial charge on any atom is 0.194 e. The van der Waals surface area contributed by atoms with Crippen LogP contribution in [-0.2, 0) is 6.54 Å². The molecule has 4 N–H and O–H groups in total. The van der Waals surface area contributed by atoms with E-state index >= 15 is 0 Å². The Balaban J connectivity index is 2.80. The normalized spacial score (nSPS) is 11.9. The molecule has 0 aromatic heterocycles. The van der Waals surface area contributed by atoms with Crippen molar-refractivity contribution in [3.05, 3.63) is 35.1 Å². The van der Waals surface area contributed by atoms with E-state index in [9.17, 15) is 13.2 Å². The molecule has 0 amide bonds. The molecule has 4 nitrogen and oxygen atoms in total. The van der Waals surface area contributed by atoms with Crippen LogP contribution in [-0.4, -0.2) is 40.7 Å². The fourth-order valence-electron chi connectivity index (χ4n) is 1.32. The van der Waals surface area contributed by atoms with E-state index < -0.39 is 42.8 Å². The van der Waals surface area contributed by atoms with E-state index in [1.807, 2.05) is 0 Å². The van der Waals surface area contributed by atoms with E-state index in [0.717, 1.165) is 12.1 Å². The summed E-state index contributed by atoms with van der Waals surface area (Å²) in [6.07, 6.45) is 0. The van der Waals surface area contributed by atoms with Crippen LogP contribution in [0.5, 0.6) is 0 Å². The third kappa shape index (κ3) is 3.20. The zero-order valence-corrected chi connectivity index (χ0v) is 9.46. The fourth-order valence-corrected chi connectivity index (χ4v) is 1.32. The van der Waals surface area contributed by atoms with Crippen molar-refractivity contribution in [3.63, 3.8) is 0 Å². The predicted molar refractivity (Wildman–Crippen MR) is 57.1 cm³/mol. The molecule has 0 saturated carbocycles. The van der Waals surface area contributed by atoms with Gasteiger partial charge in [0.15, 0.2) is 17.5 Å². The van der Waals surface area contributed by atoms with Crippen molar-refractivity contribution in [2.24, 2.45) is 0 Å². The Hall–Kier alpha value is -1.15. The number of nitrogens with one attached hydrogen (secondary N) is 1. The van der Waals surface area contributed by atoms with Crippen LogP contribution in [0.15, 0.2) is 12.1 Å². The average Bonchev–Trinajstić information content (AvgIpc) is 2.38. The van der Waals surface area contributed by atoms with Gasteiger partial charge in [0, 0.05) is 6.54 Å². The maximum absolute atomic E-state index is 12.9. The molecule has 0 aliphatic carbocycles. The third-order valence-electron chi connectivity index (χ3n) is 2.62. The Morgan fingerprint density at radius 3 is 1.78 bits per heavy atom. The van der Waals surface area contributed by atoms with Gasteiger partial charge in [0.05, 0.1) is 25.4 Å². The summed E-state index contributed by atoms with van der Waals surface area (Å²) in [5.74, 6) is -4.21. The van der Waals surface area contributed by atoms with Gasteiger partial charge in [-0.25, -0.2) is 13.2 Å². The van der Waals surface area contributed by atoms with Gasteiger partial charge in [0.2, 0.25) is 0 Å². The lowest BCUT2D eigenvalue weighted by Gasteiger charge is -2.28. The van der Waals surface area contributed by atoms with Gasteiger partial charge >= 0.3 is 0 Å². The van der Waals surface area contributed by atoms with Gasteiger partial charge in [-0.15, -0.1) is 0 Å².